The Morgan fingerprint density at radius 3 is 1.66 bits per heavy atom. The number of pyridine rings is 1. The first kappa shape index (κ1) is 22.4. The largest absolute Gasteiger partial charge is 0.256 e. The van der Waals surface area contributed by atoms with Crippen LogP contribution in [0.2, 0.25) is 0 Å². The molecule has 0 N–H and O–H groups in total. The van der Waals surface area contributed by atoms with Gasteiger partial charge in [0.25, 0.3) is 0 Å². The average Bonchev–Trinajstić information content (AvgIpc) is 2.97. The third kappa shape index (κ3) is 3.59. The van der Waals surface area contributed by atoms with E-state index in [1.165, 1.54) is 71.3 Å². The molecular weight excluding hydrogens is 458 g/mol. The molecule has 0 amide bonds. The van der Waals surface area contributed by atoms with Crippen LogP contribution < -0.4 is 0 Å². The molecule has 0 unspecified atom stereocenters. The molecule has 0 aliphatic heterocycles. The van der Waals surface area contributed by atoms with E-state index in [0.717, 1.165) is 5.69 Å². The van der Waals surface area contributed by atoms with Gasteiger partial charge in [-0.3, -0.25) is 4.98 Å². The van der Waals surface area contributed by atoms with Crippen LogP contribution in [0.4, 0.5) is 0 Å². The topological polar surface area (TPSA) is 12.9 Å². The van der Waals surface area contributed by atoms with Crippen molar-refractivity contribution in [2.24, 2.45) is 0 Å². The lowest BCUT2D eigenvalue weighted by atomic mass is 9.83. The minimum absolute atomic E-state index is 1.01. The van der Waals surface area contributed by atoms with Crippen molar-refractivity contribution >= 4 is 32.3 Å². The van der Waals surface area contributed by atoms with Crippen LogP contribution >= 0.6 is 0 Å². The number of fused-ring (bicyclic) bond motifs is 3. The van der Waals surface area contributed by atoms with Gasteiger partial charge in [0.05, 0.1) is 5.69 Å². The Balaban J connectivity index is 1.55. The van der Waals surface area contributed by atoms with E-state index in [0.29, 0.717) is 0 Å². The van der Waals surface area contributed by atoms with Gasteiger partial charge in [0.2, 0.25) is 0 Å². The third-order valence-electron chi connectivity index (χ3n) is 7.75. The number of benzene rings is 6. The van der Waals surface area contributed by atoms with Gasteiger partial charge >= 0.3 is 0 Å². The zero-order valence-electron chi connectivity index (χ0n) is 21.6. The van der Waals surface area contributed by atoms with Crippen LogP contribution in [0.25, 0.3) is 65.8 Å². The van der Waals surface area contributed by atoms with Gasteiger partial charge in [0, 0.05) is 11.8 Å². The highest BCUT2D eigenvalue weighted by Gasteiger charge is 2.19. The minimum Gasteiger partial charge on any atom is -0.256 e. The maximum absolute atomic E-state index is 4.62. The van der Waals surface area contributed by atoms with E-state index in [1.807, 2.05) is 12.3 Å². The van der Waals surface area contributed by atoms with Crippen molar-refractivity contribution in [1.82, 2.24) is 4.98 Å². The van der Waals surface area contributed by atoms with E-state index in [1.54, 1.807) is 0 Å². The molecule has 0 aliphatic rings. The molecule has 0 spiro atoms. The zero-order chi connectivity index (χ0) is 25.6. The smallest absolute Gasteiger partial charge is 0.0704 e. The fraction of sp³-hybridized carbons (Fsp3) is 0.0541. The molecule has 0 saturated carbocycles. The first-order chi connectivity index (χ1) is 18.7. The Morgan fingerprint density at radius 2 is 1.00 bits per heavy atom. The van der Waals surface area contributed by atoms with E-state index in [2.05, 4.69) is 134 Å². The van der Waals surface area contributed by atoms with Crippen LogP contribution in [-0.4, -0.2) is 4.98 Å². The second kappa shape index (κ2) is 8.97. The summed E-state index contributed by atoms with van der Waals surface area (Å²) in [7, 11) is 0. The normalized spacial score (nSPS) is 11.4. The highest BCUT2D eigenvalue weighted by Crippen LogP contribution is 2.45. The van der Waals surface area contributed by atoms with Crippen molar-refractivity contribution in [1.29, 1.82) is 0 Å². The zero-order valence-corrected chi connectivity index (χ0v) is 21.6. The van der Waals surface area contributed by atoms with Gasteiger partial charge in [-0.2, -0.15) is 0 Å². The predicted molar refractivity (Wildman–Crippen MR) is 163 cm³/mol. The van der Waals surface area contributed by atoms with Gasteiger partial charge < -0.3 is 0 Å². The maximum atomic E-state index is 4.62. The van der Waals surface area contributed by atoms with Gasteiger partial charge in [-0.15, -0.1) is 0 Å². The minimum atomic E-state index is 1.01. The van der Waals surface area contributed by atoms with Crippen LogP contribution in [0, 0.1) is 13.8 Å². The lowest BCUT2D eigenvalue weighted by molar-refractivity contribution is 1.29. The van der Waals surface area contributed by atoms with Crippen molar-refractivity contribution in [3.63, 3.8) is 0 Å². The Bertz CT molecular complexity index is 1930. The Labute approximate surface area is 223 Å². The first-order valence-corrected chi connectivity index (χ1v) is 13.1. The highest BCUT2D eigenvalue weighted by atomic mass is 14.7. The number of rotatable bonds is 3. The first-order valence-electron chi connectivity index (χ1n) is 13.1. The molecule has 0 atom stereocenters. The standard InChI is InChI=1S/C37H27N/c1-24-22-34(25(2)21-33(24)35-17-9-10-20-38-35)37-31-15-7-5-13-29(31)36(30-14-6-8-16-32(30)37)28-19-18-26-11-3-4-12-27(26)23-28/h3-23H,1-2H3. The van der Waals surface area contributed by atoms with E-state index in [4.69, 9.17) is 0 Å². The second-order valence-corrected chi connectivity index (χ2v) is 10.1. The fourth-order valence-electron chi connectivity index (χ4n) is 5.96. The fourth-order valence-corrected chi connectivity index (χ4v) is 5.96. The average molecular weight is 486 g/mol. The molecule has 6 aromatic carbocycles. The SMILES string of the molecule is Cc1cc(-c2c3ccccc3c(-c3ccc4ccccc4c3)c3ccccc23)c(C)cc1-c1ccccn1. The van der Waals surface area contributed by atoms with Crippen molar-refractivity contribution in [2.75, 3.05) is 0 Å². The molecule has 180 valence electrons. The van der Waals surface area contributed by atoms with Crippen LogP contribution in [0.1, 0.15) is 11.1 Å². The van der Waals surface area contributed by atoms with Crippen molar-refractivity contribution in [2.45, 2.75) is 13.8 Å². The Morgan fingerprint density at radius 1 is 0.447 bits per heavy atom. The highest BCUT2D eigenvalue weighted by molar-refractivity contribution is 6.22. The molecule has 0 aliphatic carbocycles. The van der Waals surface area contributed by atoms with E-state index < -0.39 is 0 Å². The van der Waals surface area contributed by atoms with Gasteiger partial charge in [-0.05, 0) is 104 Å². The predicted octanol–water partition coefficient (Wildman–Crippen LogP) is 10.2. The lowest BCUT2D eigenvalue weighted by Crippen LogP contribution is -1.95. The van der Waals surface area contributed by atoms with Crippen molar-refractivity contribution in [3.05, 3.63) is 139 Å². The summed E-state index contributed by atoms with van der Waals surface area (Å²) in [5, 5.41) is 7.65. The Kier molecular flexibility index (Phi) is 5.30. The monoisotopic (exact) mass is 485 g/mol. The summed E-state index contributed by atoms with van der Waals surface area (Å²) in [6.07, 6.45) is 1.87. The molecule has 1 heterocycles. The molecule has 1 aromatic heterocycles. The molecule has 0 saturated heterocycles. The summed E-state index contributed by atoms with van der Waals surface area (Å²) < 4.78 is 0. The van der Waals surface area contributed by atoms with Crippen molar-refractivity contribution in [3.8, 4) is 33.5 Å². The summed E-state index contributed by atoms with van der Waals surface area (Å²) in [6, 6.07) is 44.0. The molecule has 1 nitrogen and oxygen atoms in total. The van der Waals surface area contributed by atoms with Gasteiger partial charge in [-0.1, -0.05) is 97.1 Å². The lowest BCUT2D eigenvalue weighted by Gasteiger charge is -2.20. The number of aromatic nitrogens is 1. The van der Waals surface area contributed by atoms with E-state index >= 15 is 0 Å². The summed E-state index contributed by atoms with van der Waals surface area (Å²) >= 11 is 0. The summed E-state index contributed by atoms with van der Waals surface area (Å²) in [5.41, 5.74) is 9.81. The van der Waals surface area contributed by atoms with Gasteiger partial charge in [0.1, 0.15) is 0 Å². The molecule has 0 radical (unpaired) electrons. The van der Waals surface area contributed by atoms with Crippen LogP contribution in [0.5, 0.6) is 0 Å². The van der Waals surface area contributed by atoms with E-state index in [-0.39, 0.29) is 0 Å². The molecule has 7 aromatic rings. The molecule has 0 bridgehead atoms. The summed E-state index contributed by atoms with van der Waals surface area (Å²) in [4.78, 5) is 4.62. The Hall–Kier alpha value is -4.75. The second-order valence-electron chi connectivity index (χ2n) is 10.1. The number of aryl methyl sites for hydroxylation is 2. The molecular formula is C37H27N. The molecule has 7 rings (SSSR count). The van der Waals surface area contributed by atoms with Crippen molar-refractivity contribution < 1.29 is 0 Å². The van der Waals surface area contributed by atoms with E-state index in [9.17, 15) is 0 Å². The maximum Gasteiger partial charge on any atom is 0.0704 e. The number of hydrogen-bond donors (Lipinski definition) is 0. The molecule has 0 fully saturated rings. The van der Waals surface area contributed by atoms with Crippen LogP contribution in [-0.2, 0) is 0 Å². The van der Waals surface area contributed by atoms with Crippen LogP contribution in [0.3, 0.4) is 0 Å². The summed E-state index contributed by atoms with van der Waals surface area (Å²) in [5.74, 6) is 0. The molecule has 1 heteroatoms. The van der Waals surface area contributed by atoms with Gasteiger partial charge in [0.15, 0.2) is 0 Å². The number of hydrogen-bond acceptors (Lipinski definition) is 1. The van der Waals surface area contributed by atoms with Crippen LogP contribution in [0.15, 0.2) is 128 Å². The third-order valence-corrected chi connectivity index (χ3v) is 7.75. The van der Waals surface area contributed by atoms with Gasteiger partial charge in [-0.25, -0.2) is 0 Å². The summed E-state index contributed by atoms with van der Waals surface area (Å²) in [6.45, 7) is 4.42. The quantitative estimate of drug-likeness (QED) is 0.227. The molecule has 38 heavy (non-hydrogen) atoms. The number of nitrogens with zero attached hydrogens (tertiary/aromatic N) is 1.